The van der Waals surface area contributed by atoms with E-state index in [2.05, 4.69) is 15.0 Å². The Bertz CT molecular complexity index is 667. The summed E-state index contributed by atoms with van der Waals surface area (Å²) in [5, 5.41) is 8.00. The highest BCUT2D eigenvalue weighted by Crippen LogP contribution is 2.19. The molecule has 2 rings (SSSR count). The number of aromatic amines is 1. The van der Waals surface area contributed by atoms with E-state index in [0.29, 0.717) is 22.3 Å². The lowest BCUT2D eigenvalue weighted by molar-refractivity contribution is 0.905. The van der Waals surface area contributed by atoms with Crippen LogP contribution in [0.5, 0.6) is 0 Å². The molecule has 6 nitrogen and oxygen atoms in total. The number of nitrogens with zero attached hydrogens (tertiary/aromatic N) is 2. The van der Waals surface area contributed by atoms with Crippen molar-refractivity contribution in [3.63, 3.8) is 0 Å². The molecular weight excluding hydrogens is 262 g/mol. The van der Waals surface area contributed by atoms with Crippen LogP contribution in [0.25, 0.3) is 0 Å². The van der Waals surface area contributed by atoms with Gasteiger partial charge in [0.2, 0.25) is 0 Å². The Kier molecular flexibility index (Phi) is 3.96. The van der Waals surface area contributed by atoms with Crippen LogP contribution in [0.15, 0.2) is 34.3 Å². The molecule has 0 aliphatic heterocycles. The number of hydrogen-bond donors (Lipinski definition) is 3. The lowest BCUT2D eigenvalue weighted by Gasteiger charge is -2.06. The molecule has 0 bridgehead atoms. The van der Waals surface area contributed by atoms with Crippen molar-refractivity contribution in [1.29, 1.82) is 5.41 Å². The van der Waals surface area contributed by atoms with Gasteiger partial charge in [-0.25, -0.2) is 4.98 Å². The van der Waals surface area contributed by atoms with Crippen molar-refractivity contribution in [3.05, 3.63) is 51.7 Å². The predicted molar refractivity (Wildman–Crippen MR) is 74.4 cm³/mol. The van der Waals surface area contributed by atoms with Crippen molar-refractivity contribution in [2.75, 3.05) is 0 Å². The number of nitrogen functional groups attached to an aromatic ring is 1. The first-order valence-corrected chi connectivity index (χ1v) is 6.54. The van der Waals surface area contributed by atoms with Crippen LogP contribution >= 0.6 is 11.8 Å². The topological polar surface area (TPSA) is 109 Å². The van der Waals surface area contributed by atoms with Gasteiger partial charge in [-0.2, -0.15) is 0 Å². The molecule has 0 saturated heterocycles. The van der Waals surface area contributed by atoms with Gasteiger partial charge in [0, 0.05) is 23.7 Å². The van der Waals surface area contributed by atoms with Crippen molar-refractivity contribution in [2.24, 2.45) is 5.73 Å². The molecule has 0 saturated carbocycles. The molecule has 2 aromatic heterocycles. The third kappa shape index (κ3) is 3.41. The molecule has 0 unspecified atom stereocenters. The lowest BCUT2D eigenvalue weighted by atomic mass is 10.2. The number of pyridine rings is 1. The molecule has 0 aliphatic rings. The number of hydrogen-bond acceptors (Lipinski definition) is 5. The maximum Gasteiger partial charge on any atom is 0.251 e. The third-order valence-corrected chi connectivity index (χ3v) is 3.28. The number of H-pyrrole nitrogens is 1. The summed E-state index contributed by atoms with van der Waals surface area (Å²) >= 11 is 1.37. The van der Waals surface area contributed by atoms with Crippen LogP contribution in [0.1, 0.15) is 17.0 Å². The summed E-state index contributed by atoms with van der Waals surface area (Å²) in [6.45, 7) is 1.77. The average molecular weight is 275 g/mol. The molecule has 0 fully saturated rings. The largest absolute Gasteiger partial charge is 0.382 e. The molecule has 0 spiro atoms. The summed E-state index contributed by atoms with van der Waals surface area (Å²) in [5.74, 6) is 0.469. The standard InChI is InChI=1S/C12H13N5OS/c1-7-5-9(18)17-12(16-7)19-6-8-3-2-4-15-10(8)11(13)14/h2-5H,6H2,1H3,(H3,13,14)(H,16,17,18). The maximum absolute atomic E-state index is 11.3. The van der Waals surface area contributed by atoms with Gasteiger partial charge in [-0.3, -0.25) is 15.2 Å². The van der Waals surface area contributed by atoms with Crippen LogP contribution in [-0.4, -0.2) is 20.8 Å². The van der Waals surface area contributed by atoms with Crippen LogP contribution in [-0.2, 0) is 5.75 Å². The van der Waals surface area contributed by atoms with E-state index in [-0.39, 0.29) is 11.4 Å². The van der Waals surface area contributed by atoms with Crippen molar-refractivity contribution in [2.45, 2.75) is 17.8 Å². The number of aromatic nitrogens is 3. The van der Waals surface area contributed by atoms with E-state index in [0.717, 1.165) is 5.56 Å². The number of aryl methyl sites for hydroxylation is 1. The van der Waals surface area contributed by atoms with E-state index in [1.165, 1.54) is 17.8 Å². The second kappa shape index (κ2) is 5.66. The van der Waals surface area contributed by atoms with Crippen LogP contribution in [0, 0.1) is 12.3 Å². The van der Waals surface area contributed by atoms with E-state index < -0.39 is 0 Å². The van der Waals surface area contributed by atoms with Gasteiger partial charge in [-0.1, -0.05) is 17.8 Å². The zero-order chi connectivity index (χ0) is 13.8. The fourth-order valence-electron chi connectivity index (χ4n) is 1.56. The Balaban J connectivity index is 2.19. The SMILES string of the molecule is Cc1cc(=O)[nH]c(SCc2cccnc2C(=N)N)n1. The van der Waals surface area contributed by atoms with E-state index in [4.69, 9.17) is 11.1 Å². The van der Waals surface area contributed by atoms with Crippen molar-refractivity contribution in [1.82, 2.24) is 15.0 Å². The fraction of sp³-hybridized carbons (Fsp3) is 0.167. The highest BCUT2D eigenvalue weighted by molar-refractivity contribution is 7.98. The first-order chi connectivity index (χ1) is 9.06. The minimum absolute atomic E-state index is 0.0677. The highest BCUT2D eigenvalue weighted by atomic mass is 32.2. The molecule has 0 atom stereocenters. The first kappa shape index (κ1) is 13.3. The van der Waals surface area contributed by atoms with Crippen LogP contribution in [0.2, 0.25) is 0 Å². The minimum Gasteiger partial charge on any atom is -0.382 e. The Morgan fingerprint density at radius 1 is 1.58 bits per heavy atom. The number of thioether (sulfide) groups is 1. The van der Waals surface area contributed by atoms with Gasteiger partial charge in [0.25, 0.3) is 5.56 Å². The van der Waals surface area contributed by atoms with Crippen LogP contribution in [0.4, 0.5) is 0 Å². The van der Waals surface area contributed by atoms with Gasteiger partial charge < -0.3 is 10.7 Å². The molecule has 0 radical (unpaired) electrons. The number of rotatable bonds is 4. The smallest absolute Gasteiger partial charge is 0.251 e. The molecule has 0 aromatic carbocycles. The van der Waals surface area contributed by atoms with E-state index in [1.807, 2.05) is 6.07 Å². The summed E-state index contributed by atoms with van der Waals surface area (Å²) in [5.41, 5.74) is 7.27. The molecular formula is C12H13N5OS. The number of nitrogens with one attached hydrogen (secondary N) is 2. The molecule has 19 heavy (non-hydrogen) atoms. The maximum atomic E-state index is 11.3. The van der Waals surface area contributed by atoms with Gasteiger partial charge in [0.15, 0.2) is 5.16 Å². The molecule has 98 valence electrons. The third-order valence-electron chi connectivity index (χ3n) is 2.36. The van der Waals surface area contributed by atoms with Gasteiger partial charge >= 0.3 is 0 Å². The molecule has 7 heteroatoms. The minimum atomic E-state index is -0.173. The van der Waals surface area contributed by atoms with Crippen molar-refractivity contribution >= 4 is 17.6 Å². The molecule has 2 heterocycles. The van der Waals surface area contributed by atoms with Crippen LogP contribution < -0.4 is 11.3 Å². The van der Waals surface area contributed by atoms with Gasteiger partial charge in [0.05, 0.1) is 0 Å². The van der Waals surface area contributed by atoms with Gasteiger partial charge in [-0.15, -0.1) is 0 Å². The van der Waals surface area contributed by atoms with E-state index in [9.17, 15) is 4.79 Å². The molecule has 0 amide bonds. The second-order valence-electron chi connectivity index (χ2n) is 3.91. The van der Waals surface area contributed by atoms with Gasteiger partial charge in [-0.05, 0) is 18.6 Å². The zero-order valence-corrected chi connectivity index (χ0v) is 11.1. The van der Waals surface area contributed by atoms with Crippen LogP contribution in [0.3, 0.4) is 0 Å². The number of nitrogens with two attached hydrogens (primary N) is 1. The fourth-order valence-corrected chi connectivity index (χ4v) is 2.47. The Morgan fingerprint density at radius 3 is 3.05 bits per heavy atom. The predicted octanol–water partition coefficient (Wildman–Crippen LogP) is 1.05. The van der Waals surface area contributed by atoms with E-state index >= 15 is 0 Å². The summed E-state index contributed by atoms with van der Waals surface area (Å²) in [4.78, 5) is 22.3. The van der Waals surface area contributed by atoms with Crippen molar-refractivity contribution in [3.8, 4) is 0 Å². The summed E-state index contributed by atoms with van der Waals surface area (Å²) in [6, 6.07) is 5.08. The lowest BCUT2D eigenvalue weighted by Crippen LogP contribution is -2.15. The summed E-state index contributed by atoms with van der Waals surface area (Å²) in [7, 11) is 0. The van der Waals surface area contributed by atoms with E-state index in [1.54, 1.807) is 19.2 Å². The Morgan fingerprint density at radius 2 is 2.37 bits per heavy atom. The Hall–Kier alpha value is -2.15. The number of amidine groups is 1. The first-order valence-electron chi connectivity index (χ1n) is 5.55. The Labute approximate surface area is 114 Å². The molecule has 4 N–H and O–H groups in total. The van der Waals surface area contributed by atoms with Crippen molar-refractivity contribution < 1.29 is 0 Å². The molecule has 2 aromatic rings. The molecule has 0 aliphatic carbocycles. The summed E-state index contributed by atoms with van der Waals surface area (Å²) < 4.78 is 0. The van der Waals surface area contributed by atoms with Gasteiger partial charge in [0.1, 0.15) is 11.5 Å². The zero-order valence-electron chi connectivity index (χ0n) is 10.3. The highest BCUT2D eigenvalue weighted by Gasteiger charge is 2.07. The monoisotopic (exact) mass is 275 g/mol. The second-order valence-corrected chi connectivity index (χ2v) is 4.87. The quantitative estimate of drug-likeness (QED) is 0.334. The average Bonchev–Trinajstić information content (AvgIpc) is 2.35. The normalized spacial score (nSPS) is 10.4. The summed E-state index contributed by atoms with van der Waals surface area (Å²) in [6.07, 6.45) is 1.59.